The molecule has 1 aromatic heterocycles. The second-order valence-corrected chi connectivity index (χ2v) is 9.01. The highest BCUT2D eigenvalue weighted by atomic mass is 32.2. The monoisotopic (exact) mass is 423 g/mol. The lowest BCUT2D eigenvalue weighted by molar-refractivity contribution is 0.101. The Balaban J connectivity index is 1.66. The van der Waals surface area contributed by atoms with Gasteiger partial charge in [-0.3, -0.25) is 9.36 Å². The van der Waals surface area contributed by atoms with Gasteiger partial charge in [-0.05, 0) is 43.9 Å². The second-order valence-electron chi connectivity index (χ2n) is 8.07. The summed E-state index contributed by atoms with van der Waals surface area (Å²) in [6.45, 7) is 4.35. The van der Waals surface area contributed by atoms with Crippen LogP contribution in [0, 0.1) is 18.7 Å². The molecule has 0 saturated heterocycles. The van der Waals surface area contributed by atoms with Gasteiger partial charge in [0.05, 0.1) is 11.3 Å². The van der Waals surface area contributed by atoms with Crippen molar-refractivity contribution in [2.75, 3.05) is 5.75 Å². The molecule has 0 radical (unpaired) electrons. The number of rotatable bonds is 6. The van der Waals surface area contributed by atoms with E-state index in [9.17, 15) is 9.18 Å². The van der Waals surface area contributed by atoms with Crippen LogP contribution in [0.3, 0.4) is 0 Å². The van der Waals surface area contributed by atoms with Gasteiger partial charge >= 0.3 is 0 Å². The second kappa shape index (κ2) is 9.13. The van der Waals surface area contributed by atoms with Crippen LogP contribution in [0.25, 0.3) is 11.4 Å². The third kappa shape index (κ3) is 4.33. The van der Waals surface area contributed by atoms with E-state index in [0.29, 0.717) is 12.0 Å². The van der Waals surface area contributed by atoms with Gasteiger partial charge in [0.2, 0.25) is 0 Å². The summed E-state index contributed by atoms with van der Waals surface area (Å²) in [5.41, 5.74) is 2.33. The van der Waals surface area contributed by atoms with Gasteiger partial charge < -0.3 is 0 Å². The predicted octanol–water partition coefficient (Wildman–Crippen LogP) is 6.12. The van der Waals surface area contributed by atoms with E-state index in [1.54, 1.807) is 12.1 Å². The van der Waals surface area contributed by atoms with Gasteiger partial charge in [-0.1, -0.05) is 67.4 Å². The standard InChI is InChI=1S/C24H26FN3OS/c1-16-8-7-10-18(14-16)23-26-27-24(28(23)21-13-6-3-9-17(21)2)30-15-22(29)19-11-4-5-12-20(19)25/h4-5,7-8,10-12,14,17,21H,3,6,9,13,15H2,1-2H3/t17-,21-/m0/s1. The molecule has 0 bridgehead atoms. The molecule has 1 saturated carbocycles. The maximum absolute atomic E-state index is 14.0. The van der Waals surface area contributed by atoms with E-state index in [0.717, 1.165) is 23.0 Å². The van der Waals surface area contributed by atoms with Gasteiger partial charge in [0.15, 0.2) is 16.8 Å². The smallest absolute Gasteiger partial charge is 0.192 e. The molecule has 1 aliphatic rings. The Bertz CT molecular complexity index is 1050. The minimum absolute atomic E-state index is 0.126. The van der Waals surface area contributed by atoms with Crippen molar-refractivity contribution >= 4 is 17.5 Å². The lowest BCUT2D eigenvalue weighted by Gasteiger charge is -2.31. The zero-order valence-electron chi connectivity index (χ0n) is 17.3. The molecule has 2 aromatic carbocycles. The van der Waals surface area contributed by atoms with Crippen LogP contribution in [0.5, 0.6) is 0 Å². The molecule has 3 aromatic rings. The van der Waals surface area contributed by atoms with Crippen LogP contribution in [0.15, 0.2) is 53.7 Å². The number of thioether (sulfide) groups is 1. The molecule has 4 rings (SSSR count). The van der Waals surface area contributed by atoms with Gasteiger partial charge in [-0.15, -0.1) is 10.2 Å². The minimum Gasteiger partial charge on any atom is -0.299 e. The van der Waals surface area contributed by atoms with E-state index in [2.05, 4.69) is 46.8 Å². The van der Waals surface area contributed by atoms with Crippen molar-refractivity contribution in [1.29, 1.82) is 0 Å². The van der Waals surface area contributed by atoms with Crippen molar-refractivity contribution in [3.8, 4) is 11.4 Å². The molecule has 1 heterocycles. The average Bonchev–Trinajstić information content (AvgIpc) is 3.16. The summed E-state index contributed by atoms with van der Waals surface area (Å²) in [7, 11) is 0. The Morgan fingerprint density at radius 2 is 1.93 bits per heavy atom. The fourth-order valence-electron chi connectivity index (χ4n) is 4.23. The number of ketones is 1. The lowest BCUT2D eigenvalue weighted by Crippen LogP contribution is -2.22. The van der Waals surface area contributed by atoms with Crippen LogP contribution in [-0.2, 0) is 0 Å². The molecule has 1 fully saturated rings. The van der Waals surface area contributed by atoms with E-state index in [1.165, 1.54) is 48.7 Å². The van der Waals surface area contributed by atoms with E-state index in [4.69, 9.17) is 0 Å². The van der Waals surface area contributed by atoms with E-state index < -0.39 is 5.82 Å². The molecule has 156 valence electrons. The van der Waals surface area contributed by atoms with Crippen LogP contribution in [0.1, 0.15) is 54.6 Å². The largest absolute Gasteiger partial charge is 0.299 e. The topological polar surface area (TPSA) is 47.8 Å². The zero-order chi connectivity index (χ0) is 21.1. The van der Waals surface area contributed by atoms with Crippen LogP contribution < -0.4 is 0 Å². The number of nitrogens with zero attached hydrogens (tertiary/aromatic N) is 3. The molecule has 4 nitrogen and oxygen atoms in total. The number of benzene rings is 2. The van der Waals surface area contributed by atoms with Gasteiger partial charge in [0.25, 0.3) is 0 Å². The first-order valence-electron chi connectivity index (χ1n) is 10.5. The Kier molecular flexibility index (Phi) is 6.32. The number of Topliss-reactive ketones (excluding diaryl/α,β-unsaturated/α-hetero) is 1. The van der Waals surface area contributed by atoms with Crippen molar-refractivity contribution in [2.45, 2.75) is 50.7 Å². The van der Waals surface area contributed by atoms with Gasteiger partial charge in [-0.25, -0.2) is 4.39 Å². The Hall–Kier alpha value is -2.47. The molecule has 0 spiro atoms. The first-order chi connectivity index (χ1) is 14.5. The van der Waals surface area contributed by atoms with Crippen molar-refractivity contribution in [3.05, 3.63) is 65.5 Å². The van der Waals surface area contributed by atoms with Crippen LogP contribution in [-0.4, -0.2) is 26.3 Å². The maximum atomic E-state index is 14.0. The molecule has 30 heavy (non-hydrogen) atoms. The van der Waals surface area contributed by atoms with E-state index >= 15 is 0 Å². The summed E-state index contributed by atoms with van der Waals surface area (Å²) < 4.78 is 16.2. The number of carbonyl (C=O) groups excluding carboxylic acids is 1. The summed E-state index contributed by atoms with van der Waals surface area (Å²) >= 11 is 1.35. The molecular formula is C24H26FN3OS. The highest BCUT2D eigenvalue weighted by Crippen LogP contribution is 2.39. The van der Waals surface area contributed by atoms with Crippen LogP contribution in [0.4, 0.5) is 4.39 Å². The predicted molar refractivity (Wildman–Crippen MR) is 118 cm³/mol. The molecular weight excluding hydrogens is 397 g/mol. The highest BCUT2D eigenvalue weighted by molar-refractivity contribution is 7.99. The number of halogens is 1. The lowest BCUT2D eigenvalue weighted by atomic mass is 9.85. The molecule has 2 atom stereocenters. The SMILES string of the molecule is Cc1cccc(-c2nnc(SCC(=O)c3ccccc3F)n2[C@H]2CCCC[C@@H]2C)c1. The Morgan fingerprint density at radius 3 is 2.70 bits per heavy atom. The number of hydrogen-bond acceptors (Lipinski definition) is 4. The van der Waals surface area contributed by atoms with Gasteiger partial charge in [-0.2, -0.15) is 0 Å². The Morgan fingerprint density at radius 1 is 1.13 bits per heavy atom. The van der Waals surface area contributed by atoms with Crippen molar-refractivity contribution in [2.24, 2.45) is 5.92 Å². The summed E-state index contributed by atoms with van der Waals surface area (Å²) in [6.07, 6.45) is 4.67. The summed E-state index contributed by atoms with van der Waals surface area (Å²) in [5, 5.41) is 9.69. The van der Waals surface area contributed by atoms with Gasteiger partial charge in [0.1, 0.15) is 5.82 Å². The fourth-order valence-corrected chi connectivity index (χ4v) is 5.11. The summed E-state index contributed by atoms with van der Waals surface area (Å²) in [6, 6.07) is 14.7. The molecule has 0 aliphatic heterocycles. The fraction of sp³-hybridized carbons (Fsp3) is 0.375. The number of aromatic nitrogens is 3. The van der Waals surface area contributed by atoms with E-state index in [1.807, 2.05) is 6.07 Å². The molecule has 6 heteroatoms. The zero-order valence-corrected chi connectivity index (χ0v) is 18.2. The average molecular weight is 424 g/mol. The first-order valence-corrected chi connectivity index (χ1v) is 11.5. The van der Waals surface area contributed by atoms with Crippen molar-refractivity contribution in [1.82, 2.24) is 14.8 Å². The number of hydrogen-bond donors (Lipinski definition) is 0. The normalized spacial score (nSPS) is 19.0. The highest BCUT2D eigenvalue weighted by Gasteiger charge is 2.29. The van der Waals surface area contributed by atoms with Crippen molar-refractivity contribution in [3.63, 3.8) is 0 Å². The summed E-state index contributed by atoms with van der Waals surface area (Å²) in [5.74, 6) is 0.777. The summed E-state index contributed by atoms with van der Waals surface area (Å²) in [4.78, 5) is 12.6. The van der Waals surface area contributed by atoms with Crippen molar-refractivity contribution < 1.29 is 9.18 Å². The Labute approximate surface area is 180 Å². The first kappa shape index (κ1) is 20.8. The van der Waals surface area contributed by atoms with E-state index in [-0.39, 0.29) is 17.1 Å². The minimum atomic E-state index is -0.481. The number of aryl methyl sites for hydroxylation is 1. The molecule has 0 amide bonds. The third-order valence-electron chi connectivity index (χ3n) is 5.85. The molecule has 0 unspecified atom stereocenters. The van der Waals surface area contributed by atoms with Gasteiger partial charge in [0, 0.05) is 11.6 Å². The quantitative estimate of drug-likeness (QED) is 0.354. The third-order valence-corrected chi connectivity index (χ3v) is 6.79. The molecule has 1 aliphatic carbocycles. The maximum Gasteiger partial charge on any atom is 0.192 e. The van der Waals surface area contributed by atoms with Crippen LogP contribution in [0.2, 0.25) is 0 Å². The molecule has 0 N–H and O–H groups in total. The number of carbonyl (C=O) groups is 1. The van der Waals surface area contributed by atoms with Crippen LogP contribution >= 0.6 is 11.8 Å².